The first-order chi connectivity index (χ1) is 9.52. The zero-order valence-electron chi connectivity index (χ0n) is 12.1. The molecule has 0 amide bonds. The fourth-order valence-corrected chi connectivity index (χ4v) is 3.35. The van der Waals surface area contributed by atoms with Crippen LogP contribution < -0.4 is 5.32 Å². The first-order valence-electron chi connectivity index (χ1n) is 6.37. The van der Waals surface area contributed by atoms with Gasteiger partial charge in [-0.05, 0) is 11.5 Å². The van der Waals surface area contributed by atoms with Gasteiger partial charge in [0, 0.05) is 25.6 Å². The molecule has 2 rings (SSSR count). The fraction of sp³-hybridized carbons (Fsp3) is 0.667. The lowest BCUT2D eigenvalue weighted by atomic mass is 9.91. The van der Waals surface area contributed by atoms with Crippen LogP contribution in [0.3, 0.4) is 0 Å². The number of hydrogen-bond donors (Lipinski definition) is 1. The summed E-state index contributed by atoms with van der Waals surface area (Å²) in [5.41, 5.74) is 0.947. The SMILES string of the molecule is COCCNCc1nnc(-c2snnc2C(C)(C)C)s1. The van der Waals surface area contributed by atoms with Crippen LogP contribution in [0.25, 0.3) is 9.88 Å². The highest BCUT2D eigenvalue weighted by Crippen LogP contribution is 2.35. The summed E-state index contributed by atoms with van der Waals surface area (Å²) in [5.74, 6) is 0. The maximum Gasteiger partial charge on any atom is 0.161 e. The summed E-state index contributed by atoms with van der Waals surface area (Å²) in [5, 5.41) is 17.8. The summed E-state index contributed by atoms with van der Waals surface area (Å²) >= 11 is 2.97. The molecule has 0 fully saturated rings. The van der Waals surface area contributed by atoms with Crippen molar-refractivity contribution in [1.82, 2.24) is 25.1 Å². The molecule has 0 atom stereocenters. The first-order valence-corrected chi connectivity index (χ1v) is 7.96. The Morgan fingerprint density at radius 2 is 2.00 bits per heavy atom. The normalized spacial score (nSPS) is 12.0. The molecule has 0 unspecified atom stereocenters. The molecule has 6 nitrogen and oxygen atoms in total. The highest BCUT2D eigenvalue weighted by atomic mass is 32.1. The molecular formula is C12H19N5OS2. The minimum absolute atomic E-state index is 0.0368. The molecule has 1 N–H and O–H groups in total. The van der Waals surface area contributed by atoms with E-state index in [2.05, 4.69) is 45.9 Å². The summed E-state index contributed by atoms with van der Waals surface area (Å²) in [7, 11) is 1.69. The molecule has 0 saturated carbocycles. The van der Waals surface area contributed by atoms with E-state index in [9.17, 15) is 0 Å². The Morgan fingerprint density at radius 3 is 2.70 bits per heavy atom. The molecule has 0 spiro atoms. The Morgan fingerprint density at radius 1 is 1.20 bits per heavy atom. The third-order valence-corrected chi connectivity index (χ3v) is 4.42. The van der Waals surface area contributed by atoms with Crippen LogP contribution in [-0.2, 0) is 16.7 Å². The van der Waals surface area contributed by atoms with Crippen molar-refractivity contribution in [3.63, 3.8) is 0 Å². The summed E-state index contributed by atoms with van der Waals surface area (Å²) in [6.07, 6.45) is 0. The molecule has 110 valence electrons. The third kappa shape index (κ3) is 3.78. The molecule has 0 radical (unpaired) electrons. The van der Waals surface area contributed by atoms with Crippen LogP contribution in [-0.4, -0.2) is 40.0 Å². The first kappa shape index (κ1) is 15.4. The number of aromatic nitrogens is 4. The molecule has 20 heavy (non-hydrogen) atoms. The molecule has 0 bridgehead atoms. The van der Waals surface area contributed by atoms with Crippen LogP contribution in [0.5, 0.6) is 0 Å². The van der Waals surface area contributed by atoms with Crippen molar-refractivity contribution in [3.8, 4) is 9.88 Å². The number of methoxy groups -OCH3 is 1. The van der Waals surface area contributed by atoms with E-state index < -0.39 is 0 Å². The van der Waals surface area contributed by atoms with Crippen molar-refractivity contribution in [1.29, 1.82) is 0 Å². The lowest BCUT2D eigenvalue weighted by molar-refractivity contribution is 0.199. The summed E-state index contributed by atoms with van der Waals surface area (Å²) in [6.45, 7) is 8.59. The predicted octanol–water partition coefficient (Wildman–Crippen LogP) is 2.09. The van der Waals surface area contributed by atoms with Crippen LogP contribution in [0.1, 0.15) is 31.5 Å². The van der Waals surface area contributed by atoms with Crippen molar-refractivity contribution in [2.75, 3.05) is 20.3 Å². The molecule has 2 heterocycles. The van der Waals surface area contributed by atoms with Gasteiger partial charge >= 0.3 is 0 Å². The van der Waals surface area contributed by atoms with E-state index in [4.69, 9.17) is 4.74 Å². The van der Waals surface area contributed by atoms with Crippen LogP contribution >= 0.6 is 22.9 Å². The van der Waals surface area contributed by atoms with E-state index in [1.807, 2.05) is 0 Å². The molecule has 0 saturated heterocycles. The van der Waals surface area contributed by atoms with Crippen LogP contribution in [0.15, 0.2) is 0 Å². The van der Waals surface area contributed by atoms with E-state index in [0.717, 1.165) is 27.1 Å². The van der Waals surface area contributed by atoms with Gasteiger partial charge in [-0.2, -0.15) is 0 Å². The van der Waals surface area contributed by atoms with Gasteiger partial charge in [-0.3, -0.25) is 0 Å². The molecule has 0 aromatic carbocycles. The number of nitrogens with one attached hydrogen (secondary N) is 1. The lowest BCUT2D eigenvalue weighted by Crippen LogP contribution is -2.18. The monoisotopic (exact) mass is 313 g/mol. The Bertz CT molecular complexity index is 546. The molecule has 0 aliphatic rings. The number of ether oxygens (including phenoxy) is 1. The van der Waals surface area contributed by atoms with E-state index in [-0.39, 0.29) is 5.41 Å². The van der Waals surface area contributed by atoms with Crippen LogP contribution in [0, 0.1) is 0 Å². The summed E-state index contributed by atoms with van der Waals surface area (Å²) in [4.78, 5) is 1.03. The maximum atomic E-state index is 4.99. The number of hydrogen-bond acceptors (Lipinski definition) is 8. The van der Waals surface area contributed by atoms with Crippen LogP contribution in [0.4, 0.5) is 0 Å². The van der Waals surface area contributed by atoms with Gasteiger partial charge < -0.3 is 10.1 Å². The van der Waals surface area contributed by atoms with Gasteiger partial charge in [0.2, 0.25) is 0 Å². The Hall–Kier alpha value is -0.960. The highest BCUT2D eigenvalue weighted by molar-refractivity contribution is 7.19. The molecule has 2 aromatic heterocycles. The molecular weight excluding hydrogens is 294 g/mol. The average Bonchev–Trinajstić information content (AvgIpc) is 3.01. The van der Waals surface area contributed by atoms with Gasteiger partial charge in [0.25, 0.3) is 0 Å². The van der Waals surface area contributed by atoms with Gasteiger partial charge in [0.05, 0.1) is 12.3 Å². The predicted molar refractivity (Wildman–Crippen MR) is 81.1 cm³/mol. The smallest absolute Gasteiger partial charge is 0.161 e. The van der Waals surface area contributed by atoms with E-state index in [0.29, 0.717) is 13.2 Å². The number of rotatable bonds is 6. The molecule has 2 aromatic rings. The van der Waals surface area contributed by atoms with Crippen molar-refractivity contribution >= 4 is 22.9 Å². The average molecular weight is 313 g/mol. The third-order valence-electron chi connectivity index (χ3n) is 2.62. The van der Waals surface area contributed by atoms with E-state index in [1.54, 1.807) is 18.4 Å². The molecule has 0 aliphatic heterocycles. The highest BCUT2D eigenvalue weighted by Gasteiger charge is 2.25. The minimum Gasteiger partial charge on any atom is -0.383 e. The van der Waals surface area contributed by atoms with Crippen molar-refractivity contribution < 1.29 is 4.74 Å². The second-order valence-electron chi connectivity index (χ2n) is 5.37. The summed E-state index contributed by atoms with van der Waals surface area (Å²) in [6, 6.07) is 0. The zero-order valence-corrected chi connectivity index (χ0v) is 13.8. The topological polar surface area (TPSA) is 72.8 Å². The van der Waals surface area contributed by atoms with Crippen molar-refractivity contribution in [3.05, 3.63) is 10.7 Å². The maximum absolute atomic E-state index is 4.99. The van der Waals surface area contributed by atoms with Gasteiger partial charge in [-0.15, -0.1) is 15.3 Å². The van der Waals surface area contributed by atoms with Gasteiger partial charge in [-0.1, -0.05) is 36.6 Å². The quantitative estimate of drug-likeness (QED) is 0.823. The van der Waals surface area contributed by atoms with Gasteiger partial charge in [-0.25, -0.2) is 0 Å². The van der Waals surface area contributed by atoms with Gasteiger partial charge in [0.15, 0.2) is 5.01 Å². The zero-order chi connectivity index (χ0) is 14.6. The second kappa shape index (κ2) is 6.66. The van der Waals surface area contributed by atoms with Crippen LogP contribution in [0.2, 0.25) is 0 Å². The standard InChI is InChI=1S/C12H19N5OS2/c1-12(2,3)10-9(20-17-15-10)11-16-14-8(19-11)7-13-5-6-18-4/h13H,5-7H2,1-4H3. The molecule has 0 aliphatic carbocycles. The number of nitrogens with zero attached hydrogens (tertiary/aromatic N) is 4. The minimum atomic E-state index is -0.0368. The van der Waals surface area contributed by atoms with Gasteiger partial charge in [0.1, 0.15) is 9.88 Å². The molecule has 8 heteroatoms. The Balaban J connectivity index is 2.07. The Kier molecular flexibility index (Phi) is 5.14. The Labute approximate surface area is 126 Å². The largest absolute Gasteiger partial charge is 0.383 e. The van der Waals surface area contributed by atoms with E-state index >= 15 is 0 Å². The summed E-state index contributed by atoms with van der Waals surface area (Å²) < 4.78 is 9.05. The fourth-order valence-electron chi connectivity index (χ4n) is 1.61. The van der Waals surface area contributed by atoms with Crippen molar-refractivity contribution in [2.45, 2.75) is 32.7 Å². The van der Waals surface area contributed by atoms with Crippen molar-refractivity contribution in [2.24, 2.45) is 0 Å². The van der Waals surface area contributed by atoms with E-state index in [1.165, 1.54) is 11.5 Å². The lowest BCUT2D eigenvalue weighted by Gasteiger charge is -2.15. The second-order valence-corrected chi connectivity index (χ2v) is 7.19.